The third-order valence-corrected chi connectivity index (χ3v) is 4.37. The van der Waals surface area contributed by atoms with Gasteiger partial charge in [-0.1, -0.05) is 6.92 Å². The molecular formula is C18H28N6O2. The number of ether oxygens (including phenoxy) is 1. The van der Waals surface area contributed by atoms with Crippen molar-refractivity contribution in [3.63, 3.8) is 0 Å². The monoisotopic (exact) mass is 360 g/mol. The summed E-state index contributed by atoms with van der Waals surface area (Å²) >= 11 is 0. The van der Waals surface area contributed by atoms with Crippen LogP contribution in [0.5, 0.6) is 0 Å². The van der Waals surface area contributed by atoms with Crippen LogP contribution in [0.25, 0.3) is 0 Å². The van der Waals surface area contributed by atoms with E-state index in [1.165, 1.54) is 0 Å². The number of nitrogens with one attached hydrogen (secondary N) is 2. The van der Waals surface area contributed by atoms with Crippen molar-refractivity contribution in [2.24, 2.45) is 4.99 Å². The minimum absolute atomic E-state index is 0.284. The number of methoxy groups -OCH3 is 1. The minimum atomic E-state index is 0.284. The van der Waals surface area contributed by atoms with Crippen LogP contribution in [-0.4, -0.2) is 53.6 Å². The maximum absolute atomic E-state index is 5.38. The molecule has 1 aliphatic heterocycles. The molecule has 2 aromatic heterocycles. The summed E-state index contributed by atoms with van der Waals surface area (Å²) in [5.41, 5.74) is 0. The molecule has 8 nitrogen and oxygen atoms in total. The average molecular weight is 360 g/mol. The van der Waals surface area contributed by atoms with Gasteiger partial charge in [0.05, 0.1) is 26.0 Å². The number of aryl methyl sites for hydroxylation is 2. The molecule has 0 saturated carbocycles. The molecular weight excluding hydrogens is 332 g/mol. The number of nitrogens with zero attached hydrogens (tertiary/aromatic N) is 4. The minimum Gasteiger partial charge on any atom is -0.469 e. The van der Waals surface area contributed by atoms with Crippen LogP contribution in [0.4, 0.5) is 0 Å². The molecule has 0 amide bonds. The molecule has 0 saturated heterocycles. The smallest absolute Gasteiger partial charge is 0.191 e. The highest BCUT2D eigenvalue weighted by molar-refractivity contribution is 5.80. The van der Waals surface area contributed by atoms with E-state index in [9.17, 15) is 0 Å². The molecule has 0 aromatic carbocycles. The van der Waals surface area contributed by atoms with Crippen molar-refractivity contribution in [2.45, 2.75) is 45.2 Å². The fourth-order valence-electron chi connectivity index (χ4n) is 2.98. The molecule has 0 aliphatic carbocycles. The Labute approximate surface area is 154 Å². The molecule has 0 fully saturated rings. The summed E-state index contributed by atoms with van der Waals surface area (Å²) < 4.78 is 12.5. The lowest BCUT2D eigenvalue weighted by Crippen LogP contribution is -2.47. The molecule has 8 heteroatoms. The fraction of sp³-hybridized carbons (Fsp3) is 0.611. The lowest BCUT2D eigenvalue weighted by Gasteiger charge is -2.25. The van der Waals surface area contributed by atoms with E-state index in [4.69, 9.17) is 9.15 Å². The number of aliphatic imine (C=N–C) groups is 1. The van der Waals surface area contributed by atoms with Crippen molar-refractivity contribution in [1.29, 1.82) is 0 Å². The maximum Gasteiger partial charge on any atom is 0.191 e. The van der Waals surface area contributed by atoms with E-state index in [2.05, 4.69) is 32.6 Å². The van der Waals surface area contributed by atoms with Crippen LogP contribution in [0, 0.1) is 0 Å². The summed E-state index contributed by atoms with van der Waals surface area (Å²) in [7, 11) is 1.69. The number of guanidine groups is 1. The second kappa shape index (κ2) is 9.38. The Kier molecular flexibility index (Phi) is 6.65. The zero-order valence-corrected chi connectivity index (χ0v) is 15.6. The standard InChI is InChI=1S/C18H28N6O2/c1-3-16-22-17-7-6-14(13-24(17)23-16)21-18(20-10-12-25-2)19-9-8-15-5-4-11-26-15/h4-5,11,14H,3,6-10,12-13H2,1-2H3,(H2,19,20,21). The van der Waals surface area contributed by atoms with Crippen LogP contribution in [0.2, 0.25) is 0 Å². The van der Waals surface area contributed by atoms with Crippen LogP contribution in [0.1, 0.15) is 30.8 Å². The molecule has 142 valence electrons. The third kappa shape index (κ3) is 5.08. The van der Waals surface area contributed by atoms with Gasteiger partial charge in [-0.25, -0.2) is 9.67 Å². The van der Waals surface area contributed by atoms with E-state index in [-0.39, 0.29) is 6.04 Å². The van der Waals surface area contributed by atoms with Gasteiger partial charge in [0, 0.05) is 39.0 Å². The van der Waals surface area contributed by atoms with Gasteiger partial charge in [0.25, 0.3) is 0 Å². The zero-order chi connectivity index (χ0) is 18.2. The molecule has 0 bridgehead atoms. The predicted molar refractivity (Wildman–Crippen MR) is 99.2 cm³/mol. The van der Waals surface area contributed by atoms with Gasteiger partial charge < -0.3 is 19.8 Å². The van der Waals surface area contributed by atoms with Gasteiger partial charge in [-0.15, -0.1) is 0 Å². The Hall–Kier alpha value is -2.35. The summed E-state index contributed by atoms with van der Waals surface area (Å²) in [5, 5.41) is 11.5. The van der Waals surface area contributed by atoms with Crippen LogP contribution in [-0.2, 0) is 30.5 Å². The van der Waals surface area contributed by atoms with Gasteiger partial charge in [-0.05, 0) is 18.6 Å². The van der Waals surface area contributed by atoms with Crippen LogP contribution in [0.15, 0.2) is 27.8 Å². The number of rotatable bonds is 8. The van der Waals surface area contributed by atoms with Gasteiger partial charge in [0.15, 0.2) is 11.8 Å². The van der Waals surface area contributed by atoms with Gasteiger partial charge in [0.1, 0.15) is 11.6 Å². The van der Waals surface area contributed by atoms with Crippen molar-refractivity contribution < 1.29 is 9.15 Å². The van der Waals surface area contributed by atoms with Crippen LogP contribution < -0.4 is 10.6 Å². The van der Waals surface area contributed by atoms with E-state index in [0.717, 1.165) is 62.1 Å². The van der Waals surface area contributed by atoms with E-state index >= 15 is 0 Å². The number of aromatic nitrogens is 3. The molecule has 2 N–H and O–H groups in total. The normalized spacial score (nSPS) is 17.2. The van der Waals surface area contributed by atoms with Gasteiger partial charge >= 0.3 is 0 Å². The largest absolute Gasteiger partial charge is 0.469 e. The molecule has 26 heavy (non-hydrogen) atoms. The van der Waals surface area contributed by atoms with E-state index in [1.807, 2.05) is 16.8 Å². The predicted octanol–water partition coefficient (Wildman–Crippen LogP) is 1.17. The SMILES string of the molecule is CCc1nc2n(n1)CC(NC(=NCCOC)NCCc1ccco1)CC2. The maximum atomic E-state index is 5.38. The lowest BCUT2D eigenvalue weighted by molar-refractivity contribution is 0.207. The summed E-state index contributed by atoms with van der Waals surface area (Å²) in [6.07, 6.45) is 5.34. The van der Waals surface area contributed by atoms with Gasteiger partial charge in [0.2, 0.25) is 0 Å². The first-order valence-corrected chi connectivity index (χ1v) is 9.27. The quantitative estimate of drug-likeness (QED) is 0.417. The molecule has 0 spiro atoms. The highest BCUT2D eigenvalue weighted by Crippen LogP contribution is 2.13. The van der Waals surface area contributed by atoms with Gasteiger partial charge in [-0.3, -0.25) is 4.99 Å². The molecule has 1 atom stereocenters. The average Bonchev–Trinajstić information content (AvgIpc) is 3.30. The van der Waals surface area contributed by atoms with E-state index in [1.54, 1.807) is 13.4 Å². The number of hydrogen-bond acceptors (Lipinski definition) is 5. The van der Waals surface area contributed by atoms with Crippen molar-refractivity contribution in [2.75, 3.05) is 26.8 Å². The summed E-state index contributed by atoms with van der Waals surface area (Å²) in [6.45, 7) is 4.87. The number of hydrogen-bond donors (Lipinski definition) is 2. The molecule has 3 rings (SSSR count). The molecule has 1 unspecified atom stereocenters. The topological polar surface area (TPSA) is 89.5 Å². The van der Waals surface area contributed by atoms with Crippen molar-refractivity contribution in [3.05, 3.63) is 35.8 Å². The number of furan rings is 1. The Morgan fingerprint density at radius 2 is 2.42 bits per heavy atom. The van der Waals surface area contributed by atoms with Crippen molar-refractivity contribution in [1.82, 2.24) is 25.4 Å². The van der Waals surface area contributed by atoms with E-state index in [0.29, 0.717) is 13.2 Å². The number of fused-ring (bicyclic) bond motifs is 1. The highest BCUT2D eigenvalue weighted by atomic mass is 16.5. The summed E-state index contributed by atoms with van der Waals surface area (Å²) in [6, 6.07) is 4.17. The van der Waals surface area contributed by atoms with E-state index < -0.39 is 0 Å². The second-order valence-corrected chi connectivity index (χ2v) is 6.34. The molecule has 1 aliphatic rings. The second-order valence-electron chi connectivity index (χ2n) is 6.34. The summed E-state index contributed by atoms with van der Waals surface area (Å²) in [4.78, 5) is 9.17. The first-order valence-electron chi connectivity index (χ1n) is 9.27. The molecule has 2 aromatic rings. The van der Waals surface area contributed by atoms with Crippen LogP contribution >= 0.6 is 0 Å². The molecule has 0 radical (unpaired) electrons. The fourth-order valence-corrected chi connectivity index (χ4v) is 2.98. The lowest BCUT2D eigenvalue weighted by atomic mass is 10.1. The highest BCUT2D eigenvalue weighted by Gasteiger charge is 2.22. The van der Waals surface area contributed by atoms with Crippen molar-refractivity contribution in [3.8, 4) is 0 Å². The first kappa shape index (κ1) is 18.4. The zero-order valence-electron chi connectivity index (χ0n) is 15.6. The first-order chi connectivity index (χ1) is 12.8. The summed E-state index contributed by atoms with van der Waals surface area (Å²) in [5.74, 6) is 3.78. The third-order valence-electron chi connectivity index (χ3n) is 4.37. The van der Waals surface area contributed by atoms with Crippen LogP contribution in [0.3, 0.4) is 0 Å². The Balaban J connectivity index is 1.55. The Bertz CT molecular complexity index is 695. The molecule has 3 heterocycles. The Morgan fingerprint density at radius 1 is 1.50 bits per heavy atom. The van der Waals surface area contributed by atoms with Gasteiger partial charge in [-0.2, -0.15) is 5.10 Å². The van der Waals surface area contributed by atoms with Crippen molar-refractivity contribution >= 4 is 5.96 Å². The Morgan fingerprint density at radius 3 is 3.19 bits per heavy atom.